The van der Waals surface area contributed by atoms with Crippen molar-refractivity contribution in [2.45, 2.75) is 39.7 Å². The first kappa shape index (κ1) is 25.9. The number of rotatable bonds is 7. The van der Waals surface area contributed by atoms with E-state index >= 15 is 0 Å². The van der Waals surface area contributed by atoms with Gasteiger partial charge in [0.2, 0.25) is 5.91 Å². The fraction of sp³-hybridized carbons (Fsp3) is 0.364. The summed E-state index contributed by atoms with van der Waals surface area (Å²) in [6.07, 6.45) is 1.28. The van der Waals surface area contributed by atoms with Crippen LogP contribution in [0.15, 0.2) is 36.4 Å². The third-order valence-electron chi connectivity index (χ3n) is 4.76. The predicted molar refractivity (Wildman–Crippen MR) is 127 cm³/mol. The molecule has 1 aromatic heterocycles. The minimum absolute atomic E-state index is 0. The van der Waals surface area contributed by atoms with Crippen molar-refractivity contribution in [1.82, 2.24) is 14.9 Å². The lowest BCUT2D eigenvalue weighted by Gasteiger charge is -2.15. The maximum Gasteiger partial charge on any atom is 0.224 e. The molecule has 2 aromatic carbocycles. The Kier molecular flexibility index (Phi) is 9.75. The van der Waals surface area contributed by atoms with Crippen molar-refractivity contribution in [2.75, 3.05) is 18.9 Å². The van der Waals surface area contributed by atoms with E-state index in [-0.39, 0.29) is 42.6 Å². The molecule has 5 nitrogen and oxygen atoms in total. The Morgan fingerprint density at radius 1 is 1.17 bits per heavy atom. The zero-order valence-corrected chi connectivity index (χ0v) is 19.3. The van der Waals surface area contributed by atoms with Crippen molar-refractivity contribution in [1.29, 1.82) is 0 Å². The number of aryl methyl sites for hydroxylation is 1. The van der Waals surface area contributed by atoms with Gasteiger partial charge in [0.25, 0.3) is 0 Å². The second-order valence-corrected chi connectivity index (χ2v) is 7.32. The second kappa shape index (κ2) is 11.3. The van der Waals surface area contributed by atoms with Crippen LogP contribution in [-0.4, -0.2) is 29.1 Å². The highest BCUT2D eigenvalue weighted by Gasteiger charge is 2.16. The van der Waals surface area contributed by atoms with E-state index < -0.39 is 0 Å². The summed E-state index contributed by atoms with van der Waals surface area (Å²) in [5.74, 6) is 0.537. The van der Waals surface area contributed by atoms with Gasteiger partial charge in [-0.05, 0) is 82.7 Å². The third kappa shape index (κ3) is 5.72. The zero-order valence-electron chi connectivity index (χ0n) is 17.7. The summed E-state index contributed by atoms with van der Waals surface area (Å²) in [4.78, 5) is 16.8. The lowest BCUT2D eigenvalue weighted by atomic mass is 10.1. The van der Waals surface area contributed by atoms with Crippen LogP contribution in [0.2, 0.25) is 0 Å². The van der Waals surface area contributed by atoms with E-state index in [1.54, 1.807) is 6.07 Å². The van der Waals surface area contributed by atoms with E-state index in [0.29, 0.717) is 6.42 Å². The van der Waals surface area contributed by atoms with Crippen LogP contribution in [0.25, 0.3) is 22.4 Å². The molecule has 0 fully saturated rings. The number of anilines is 1. The smallest absolute Gasteiger partial charge is 0.224 e. The van der Waals surface area contributed by atoms with Crippen molar-refractivity contribution in [3.8, 4) is 11.4 Å². The monoisotopic (exact) mass is 454 g/mol. The van der Waals surface area contributed by atoms with Crippen LogP contribution in [0.1, 0.15) is 38.3 Å². The number of benzene rings is 2. The first-order valence-electron chi connectivity index (χ1n) is 9.63. The number of nitrogens with one attached hydrogen (secondary N) is 2. The molecule has 3 aromatic rings. The quantitative estimate of drug-likeness (QED) is 0.462. The number of carbonyl (C=O) groups excluding carboxylic acids is 1. The van der Waals surface area contributed by atoms with Gasteiger partial charge in [0, 0.05) is 23.7 Å². The summed E-state index contributed by atoms with van der Waals surface area (Å²) in [6, 6.07) is 10.7. The molecule has 0 aliphatic carbocycles. The Morgan fingerprint density at radius 3 is 2.53 bits per heavy atom. The van der Waals surface area contributed by atoms with Gasteiger partial charge < -0.3 is 15.2 Å². The van der Waals surface area contributed by atoms with E-state index in [9.17, 15) is 9.18 Å². The van der Waals surface area contributed by atoms with E-state index in [1.165, 1.54) is 12.1 Å². The summed E-state index contributed by atoms with van der Waals surface area (Å²) in [5.41, 5.74) is 4.26. The van der Waals surface area contributed by atoms with Crippen molar-refractivity contribution >= 4 is 47.4 Å². The van der Waals surface area contributed by atoms with E-state index in [1.807, 2.05) is 36.7 Å². The van der Waals surface area contributed by atoms with Gasteiger partial charge in [0.05, 0.1) is 11.0 Å². The lowest BCUT2D eigenvalue weighted by molar-refractivity contribution is -0.116. The predicted octanol–water partition coefficient (Wildman–Crippen LogP) is 5.51. The molecular weight excluding hydrogens is 426 g/mol. The average Bonchev–Trinajstić information content (AvgIpc) is 3.02. The SMILES string of the molecule is CNCCCC(=O)Nc1ccc(-c2nc3ccc(F)cc3n2C(C)C)cc1C.Cl.Cl. The third-order valence-corrected chi connectivity index (χ3v) is 4.76. The molecule has 8 heteroatoms. The second-order valence-electron chi connectivity index (χ2n) is 7.32. The van der Waals surface area contributed by atoms with Gasteiger partial charge in [-0.1, -0.05) is 0 Å². The highest BCUT2D eigenvalue weighted by molar-refractivity contribution is 5.92. The molecule has 0 spiro atoms. The van der Waals surface area contributed by atoms with Gasteiger partial charge in [-0.2, -0.15) is 0 Å². The molecule has 0 unspecified atom stereocenters. The summed E-state index contributed by atoms with van der Waals surface area (Å²) in [7, 11) is 1.87. The first-order valence-corrected chi connectivity index (χ1v) is 9.63. The first-order chi connectivity index (χ1) is 13.4. The Hall–Kier alpha value is -2.15. The Bertz CT molecular complexity index is 1000. The van der Waals surface area contributed by atoms with Gasteiger partial charge >= 0.3 is 0 Å². The molecule has 0 aliphatic heterocycles. The van der Waals surface area contributed by atoms with Gasteiger partial charge in [-0.25, -0.2) is 9.37 Å². The molecule has 0 saturated carbocycles. The van der Waals surface area contributed by atoms with Gasteiger partial charge in [-0.15, -0.1) is 24.8 Å². The molecule has 0 atom stereocenters. The molecule has 0 radical (unpaired) electrons. The summed E-state index contributed by atoms with van der Waals surface area (Å²) < 4.78 is 15.8. The summed E-state index contributed by atoms with van der Waals surface area (Å²) >= 11 is 0. The van der Waals surface area contributed by atoms with E-state index in [2.05, 4.69) is 24.5 Å². The number of imidazole rings is 1. The maximum absolute atomic E-state index is 13.8. The number of halogens is 3. The van der Waals surface area contributed by atoms with Gasteiger partial charge in [0.1, 0.15) is 11.6 Å². The number of aromatic nitrogens is 2. The van der Waals surface area contributed by atoms with Crippen molar-refractivity contribution in [3.05, 3.63) is 47.8 Å². The van der Waals surface area contributed by atoms with Crippen LogP contribution in [0.4, 0.5) is 10.1 Å². The van der Waals surface area contributed by atoms with Gasteiger partial charge in [0.15, 0.2) is 0 Å². The fourth-order valence-corrected chi connectivity index (χ4v) is 3.37. The molecule has 1 heterocycles. The lowest BCUT2D eigenvalue weighted by Crippen LogP contribution is -2.15. The Morgan fingerprint density at radius 2 is 1.90 bits per heavy atom. The number of carbonyl (C=O) groups is 1. The molecule has 30 heavy (non-hydrogen) atoms. The Labute approximate surface area is 189 Å². The van der Waals surface area contributed by atoms with Crippen LogP contribution in [-0.2, 0) is 4.79 Å². The van der Waals surface area contributed by atoms with Crippen LogP contribution >= 0.6 is 24.8 Å². The largest absolute Gasteiger partial charge is 0.326 e. The molecule has 1 amide bonds. The Balaban J connectivity index is 0.00000225. The van der Waals surface area contributed by atoms with Crippen molar-refractivity contribution in [3.63, 3.8) is 0 Å². The van der Waals surface area contributed by atoms with Gasteiger partial charge in [-0.3, -0.25) is 4.79 Å². The number of hydrogen-bond acceptors (Lipinski definition) is 3. The molecule has 2 N–H and O–H groups in total. The van der Waals surface area contributed by atoms with Crippen LogP contribution in [0.3, 0.4) is 0 Å². The molecule has 164 valence electrons. The molecule has 0 bridgehead atoms. The summed E-state index contributed by atoms with van der Waals surface area (Å²) in [6.45, 7) is 6.90. The summed E-state index contributed by atoms with van der Waals surface area (Å²) in [5, 5.41) is 6.02. The average molecular weight is 455 g/mol. The van der Waals surface area contributed by atoms with Crippen LogP contribution in [0, 0.1) is 12.7 Å². The van der Waals surface area contributed by atoms with Crippen LogP contribution < -0.4 is 10.6 Å². The van der Waals surface area contributed by atoms with E-state index in [0.717, 1.165) is 46.6 Å². The molecule has 0 aliphatic rings. The minimum atomic E-state index is -0.270. The van der Waals surface area contributed by atoms with E-state index in [4.69, 9.17) is 4.98 Å². The van der Waals surface area contributed by atoms with Crippen LogP contribution in [0.5, 0.6) is 0 Å². The highest BCUT2D eigenvalue weighted by Crippen LogP contribution is 2.31. The number of amides is 1. The molecule has 3 rings (SSSR count). The minimum Gasteiger partial charge on any atom is -0.326 e. The van der Waals surface area contributed by atoms with Crippen molar-refractivity contribution in [2.24, 2.45) is 0 Å². The highest BCUT2D eigenvalue weighted by atomic mass is 35.5. The number of nitrogens with zero attached hydrogens (tertiary/aromatic N) is 2. The number of hydrogen-bond donors (Lipinski definition) is 2. The standard InChI is InChI=1S/C22H27FN4O.2ClH/c1-14(2)27-20-13-17(23)8-10-19(20)26-22(27)16-7-9-18(15(3)12-16)25-21(28)6-5-11-24-4;;/h7-10,12-14,24H,5-6,11H2,1-4H3,(H,25,28);2*1H. The topological polar surface area (TPSA) is 59.0 Å². The maximum atomic E-state index is 13.8. The number of fused-ring (bicyclic) bond motifs is 1. The molecule has 0 saturated heterocycles. The normalized spacial score (nSPS) is 10.6. The molecular formula is C22H29Cl2FN4O. The fourth-order valence-electron chi connectivity index (χ4n) is 3.37. The van der Waals surface area contributed by atoms with Crippen molar-refractivity contribution < 1.29 is 9.18 Å². The zero-order chi connectivity index (χ0) is 20.3.